The largest absolute Gasteiger partial charge is 0.450 e. The summed E-state index contributed by atoms with van der Waals surface area (Å²) in [5.74, 6) is 0.838. The molecular weight excluding hydrogens is 406 g/mol. The number of nitrogens with one attached hydrogen (secondary N) is 1. The molecule has 0 aliphatic carbocycles. The van der Waals surface area contributed by atoms with Gasteiger partial charge in [-0.1, -0.05) is 30.3 Å². The van der Waals surface area contributed by atoms with Crippen LogP contribution in [-0.2, 0) is 9.53 Å². The van der Waals surface area contributed by atoms with Crippen molar-refractivity contribution in [3.8, 4) is 11.3 Å². The minimum absolute atomic E-state index is 0.0672. The van der Waals surface area contributed by atoms with Crippen LogP contribution >= 0.6 is 0 Å². The molecule has 3 heterocycles. The first-order valence-corrected chi connectivity index (χ1v) is 11.5. The Hall–Kier alpha value is -3.16. The van der Waals surface area contributed by atoms with Gasteiger partial charge < -0.3 is 19.9 Å². The van der Waals surface area contributed by atoms with E-state index in [2.05, 4.69) is 20.4 Å². The van der Waals surface area contributed by atoms with Crippen LogP contribution < -0.4 is 10.2 Å². The molecule has 2 amide bonds. The molecule has 2 saturated heterocycles. The number of aromatic nitrogens is 2. The van der Waals surface area contributed by atoms with Crippen molar-refractivity contribution in [3.63, 3.8) is 0 Å². The normalized spacial score (nSPS) is 19.5. The average molecular weight is 438 g/mol. The molecule has 1 aromatic carbocycles. The van der Waals surface area contributed by atoms with Crippen LogP contribution in [0.4, 0.5) is 10.6 Å². The van der Waals surface area contributed by atoms with E-state index in [4.69, 9.17) is 4.74 Å². The van der Waals surface area contributed by atoms with E-state index in [9.17, 15) is 9.59 Å². The average Bonchev–Trinajstić information content (AvgIpc) is 2.85. The molecule has 2 fully saturated rings. The van der Waals surface area contributed by atoms with Crippen LogP contribution in [0.3, 0.4) is 0 Å². The lowest BCUT2D eigenvalue weighted by molar-refractivity contribution is -0.126. The van der Waals surface area contributed by atoms with Crippen LogP contribution in [0.25, 0.3) is 11.3 Å². The topological polar surface area (TPSA) is 87.7 Å². The molecule has 2 aromatic rings. The molecule has 32 heavy (non-hydrogen) atoms. The van der Waals surface area contributed by atoms with E-state index >= 15 is 0 Å². The Labute approximate surface area is 188 Å². The third-order valence-electron chi connectivity index (χ3n) is 6.20. The molecule has 2 aliphatic rings. The second-order valence-corrected chi connectivity index (χ2v) is 8.40. The summed E-state index contributed by atoms with van der Waals surface area (Å²) in [4.78, 5) is 28.6. The van der Waals surface area contributed by atoms with Crippen molar-refractivity contribution in [3.05, 3.63) is 42.5 Å². The summed E-state index contributed by atoms with van der Waals surface area (Å²) in [7, 11) is 0. The molecular formula is C24H31N5O3. The molecule has 8 nitrogen and oxygen atoms in total. The number of hydrogen-bond acceptors (Lipinski definition) is 6. The van der Waals surface area contributed by atoms with Crippen LogP contribution in [0, 0.1) is 5.92 Å². The van der Waals surface area contributed by atoms with Crippen LogP contribution in [-0.4, -0.2) is 65.9 Å². The van der Waals surface area contributed by atoms with Crippen LogP contribution in [0.15, 0.2) is 42.5 Å². The molecule has 1 aromatic heterocycles. The van der Waals surface area contributed by atoms with Gasteiger partial charge in [-0.3, -0.25) is 4.79 Å². The van der Waals surface area contributed by atoms with E-state index in [0.717, 1.165) is 49.3 Å². The lowest BCUT2D eigenvalue weighted by Gasteiger charge is -2.35. The molecule has 0 radical (unpaired) electrons. The van der Waals surface area contributed by atoms with Gasteiger partial charge in [0, 0.05) is 37.8 Å². The summed E-state index contributed by atoms with van der Waals surface area (Å²) in [6, 6.07) is 14.1. The van der Waals surface area contributed by atoms with Gasteiger partial charge in [0.1, 0.15) is 0 Å². The second kappa shape index (κ2) is 10.4. The molecule has 170 valence electrons. The summed E-state index contributed by atoms with van der Waals surface area (Å²) < 4.78 is 5.06. The van der Waals surface area contributed by atoms with Gasteiger partial charge >= 0.3 is 6.09 Å². The fraction of sp³-hybridized carbons (Fsp3) is 0.500. The summed E-state index contributed by atoms with van der Waals surface area (Å²) in [6.45, 7) is 4.94. The molecule has 0 spiro atoms. The van der Waals surface area contributed by atoms with E-state index in [0.29, 0.717) is 26.2 Å². The Balaban J connectivity index is 1.29. The molecule has 8 heteroatoms. The number of benzene rings is 1. The predicted octanol–water partition coefficient (Wildman–Crippen LogP) is 3.10. The molecule has 4 rings (SSSR count). The molecule has 2 aliphatic heterocycles. The standard InChI is InChI=1S/C24H31N5O3/c1-2-32-24(31)28-15-12-20(13-16-28)25-23(30)19-9-6-14-29(17-19)22-11-10-21(26-27-22)18-7-4-3-5-8-18/h3-5,7-8,10-11,19-20H,2,6,9,12-17H2,1H3,(H,25,30). The number of carbonyl (C=O) groups is 2. The number of carbonyl (C=O) groups excluding carboxylic acids is 2. The molecule has 1 N–H and O–H groups in total. The quantitative estimate of drug-likeness (QED) is 0.773. The summed E-state index contributed by atoms with van der Waals surface area (Å²) in [5, 5.41) is 12.0. The van der Waals surface area contributed by atoms with E-state index < -0.39 is 0 Å². The smallest absolute Gasteiger partial charge is 0.409 e. The van der Waals surface area contributed by atoms with E-state index in [1.807, 2.05) is 49.4 Å². The highest BCUT2D eigenvalue weighted by Crippen LogP contribution is 2.24. The number of rotatable bonds is 5. The Morgan fingerprint density at radius 3 is 2.50 bits per heavy atom. The number of anilines is 1. The summed E-state index contributed by atoms with van der Waals surface area (Å²) >= 11 is 0. The highest BCUT2D eigenvalue weighted by atomic mass is 16.6. The summed E-state index contributed by atoms with van der Waals surface area (Å²) in [5.41, 5.74) is 1.88. The van der Waals surface area contributed by atoms with Gasteiger partial charge in [0.05, 0.1) is 18.2 Å². The van der Waals surface area contributed by atoms with Gasteiger partial charge in [-0.05, 0) is 44.7 Å². The number of piperidine rings is 2. The van der Waals surface area contributed by atoms with Gasteiger partial charge in [-0.25, -0.2) is 4.79 Å². The van der Waals surface area contributed by atoms with Gasteiger partial charge in [0.15, 0.2) is 5.82 Å². The van der Waals surface area contributed by atoms with Crippen molar-refractivity contribution in [1.82, 2.24) is 20.4 Å². The van der Waals surface area contributed by atoms with Crippen molar-refractivity contribution in [1.29, 1.82) is 0 Å². The Morgan fingerprint density at radius 2 is 1.81 bits per heavy atom. The maximum absolute atomic E-state index is 12.9. The molecule has 1 unspecified atom stereocenters. The van der Waals surface area contributed by atoms with Crippen LogP contribution in [0.1, 0.15) is 32.6 Å². The van der Waals surface area contributed by atoms with Gasteiger partial charge in [-0.2, -0.15) is 0 Å². The highest BCUT2D eigenvalue weighted by Gasteiger charge is 2.30. The lowest BCUT2D eigenvalue weighted by atomic mass is 9.95. The maximum atomic E-state index is 12.9. The van der Waals surface area contributed by atoms with Gasteiger partial charge in [-0.15, -0.1) is 10.2 Å². The van der Waals surface area contributed by atoms with Crippen molar-refractivity contribution in [2.75, 3.05) is 37.7 Å². The van der Waals surface area contributed by atoms with Crippen molar-refractivity contribution < 1.29 is 14.3 Å². The fourth-order valence-corrected chi connectivity index (χ4v) is 4.40. The Kier molecular flexibility index (Phi) is 7.19. The molecule has 0 saturated carbocycles. The number of likely N-dealkylation sites (tertiary alicyclic amines) is 1. The zero-order chi connectivity index (χ0) is 22.3. The molecule has 1 atom stereocenters. The van der Waals surface area contributed by atoms with Crippen molar-refractivity contribution in [2.24, 2.45) is 5.92 Å². The van der Waals surface area contributed by atoms with Gasteiger partial charge in [0.25, 0.3) is 0 Å². The number of ether oxygens (including phenoxy) is 1. The minimum atomic E-state index is -0.264. The first-order chi connectivity index (χ1) is 15.6. The van der Waals surface area contributed by atoms with E-state index in [1.54, 1.807) is 4.90 Å². The molecule has 0 bridgehead atoms. The Bertz CT molecular complexity index is 898. The van der Waals surface area contributed by atoms with Crippen molar-refractivity contribution >= 4 is 17.8 Å². The Morgan fingerprint density at radius 1 is 1.03 bits per heavy atom. The first-order valence-electron chi connectivity index (χ1n) is 11.5. The zero-order valence-corrected chi connectivity index (χ0v) is 18.6. The third kappa shape index (κ3) is 5.36. The monoisotopic (exact) mass is 437 g/mol. The number of amides is 2. The third-order valence-corrected chi connectivity index (χ3v) is 6.20. The SMILES string of the molecule is CCOC(=O)N1CCC(NC(=O)C2CCCN(c3ccc(-c4ccccc4)nn3)C2)CC1. The van der Waals surface area contributed by atoms with E-state index in [-0.39, 0.29) is 24.0 Å². The number of hydrogen-bond donors (Lipinski definition) is 1. The lowest BCUT2D eigenvalue weighted by Crippen LogP contribution is -2.50. The maximum Gasteiger partial charge on any atom is 0.409 e. The fourth-order valence-electron chi connectivity index (χ4n) is 4.40. The van der Waals surface area contributed by atoms with Gasteiger partial charge in [0.2, 0.25) is 5.91 Å². The minimum Gasteiger partial charge on any atom is -0.450 e. The summed E-state index contributed by atoms with van der Waals surface area (Å²) in [6.07, 6.45) is 3.07. The van der Waals surface area contributed by atoms with Crippen molar-refractivity contribution in [2.45, 2.75) is 38.6 Å². The first kappa shape index (κ1) is 22.0. The highest BCUT2D eigenvalue weighted by molar-refractivity contribution is 5.80. The predicted molar refractivity (Wildman–Crippen MR) is 122 cm³/mol. The van der Waals surface area contributed by atoms with Crippen LogP contribution in [0.5, 0.6) is 0 Å². The van der Waals surface area contributed by atoms with Crippen LogP contribution in [0.2, 0.25) is 0 Å². The van der Waals surface area contributed by atoms with E-state index in [1.165, 1.54) is 0 Å². The zero-order valence-electron chi connectivity index (χ0n) is 18.6. The number of nitrogens with zero attached hydrogens (tertiary/aromatic N) is 4. The second-order valence-electron chi connectivity index (χ2n) is 8.40.